The van der Waals surface area contributed by atoms with Crippen molar-refractivity contribution >= 4 is 23.6 Å². The monoisotopic (exact) mass is 537 g/mol. The summed E-state index contributed by atoms with van der Waals surface area (Å²) in [7, 11) is 0. The van der Waals surface area contributed by atoms with Gasteiger partial charge in [-0.25, -0.2) is 9.18 Å². The zero-order valence-electron chi connectivity index (χ0n) is 20.1. The van der Waals surface area contributed by atoms with E-state index in [9.17, 15) is 14.0 Å². The molecule has 0 unspecified atom stereocenters. The zero-order valence-corrected chi connectivity index (χ0v) is 20.8. The van der Waals surface area contributed by atoms with E-state index in [2.05, 4.69) is 25.9 Å². The fourth-order valence-corrected chi connectivity index (χ4v) is 4.97. The molecule has 10 nitrogen and oxygen atoms in total. The van der Waals surface area contributed by atoms with Crippen molar-refractivity contribution in [2.75, 3.05) is 0 Å². The summed E-state index contributed by atoms with van der Waals surface area (Å²) in [5.74, 6) is -0.427. The van der Waals surface area contributed by atoms with Gasteiger partial charge in [0.1, 0.15) is 11.4 Å². The van der Waals surface area contributed by atoms with Crippen molar-refractivity contribution in [3.8, 4) is 28.5 Å². The van der Waals surface area contributed by atoms with Gasteiger partial charge in [-0.15, -0.1) is 0 Å². The van der Waals surface area contributed by atoms with Crippen molar-refractivity contribution in [3.05, 3.63) is 70.5 Å². The van der Waals surface area contributed by atoms with Gasteiger partial charge in [0, 0.05) is 18.0 Å². The molecule has 0 aliphatic heterocycles. The maximum Gasteiger partial charge on any atom is 0.415 e. The van der Waals surface area contributed by atoms with E-state index in [1.807, 2.05) is 18.2 Å². The summed E-state index contributed by atoms with van der Waals surface area (Å²) in [5.41, 5.74) is 2.44. The van der Waals surface area contributed by atoms with Crippen LogP contribution < -0.4 is 15.4 Å². The molecule has 2 aliphatic carbocycles. The van der Waals surface area contributed by atoms with E-state index in [1.54, 1.807) is 13.0 Å². The first-order chi connectivity index (χ1) is 18.3. The van der Waals surface area contributed by atoms with E-state index in [0.29, 0.717) is 37.1 Å². The molecule has 2 heterocycles. The third-order valence-electron chi connectivity index (χ3n) is 6.78. The van der Waals surface area contributed by atoms with Gasteiger partial charge in [-0.2, -0.15) is 4.98 Å². The van der Waals surface area contributed by atoms with Crippen molar-refractivity contribution in [1.82, 2.24) is 25.9 Å². The minimum absolute atomic E-state index is 0.0589. The Balaban J connectivity index is 1.21. The Morgan fingerprint density at radius 3 is 2.74 bits per heavy atom. The van der Waals surface area contributed by atoms with Crippen LogP contribution >= 0.6 is 11.6 Å². The Kier molecular flexibility index (Phi) is 5.87. The van der Waals surface area contributed by atoms with Gasteiger partial charge in [0.05, 0.1) is 17.8 Å². The first kappa shape index (κ1) is 24.1. The molecule has 6 rings (SSSR count). The Morgan fingerprint density at radius 1 is 1.18 bits per heavy atom. The predicted molar refractivity (Wildman–Crippen MR) is 132 cm³/mol. The number of fused-ring (bicyclic) bond motifs is 1. The molecule has 0 saturated heterocycles. The van der Waals surface area contributed by atoms with E-state index in [4.69, 9.17) is 25.4 Å². The van der Waals surface area contributed by atoms with Crippen molar-refractivity contribution in [1.29, 1.82) is 0 Å². The lowest BCUT2D eigenvalue weighted by molar-refractivity contribution is -0.124. The van der Waals surface area contributed by atoms with Crippen molar-refractivity contribution < 1.29 is 27.8 Å². The van der Waals surface area contributed by atoms with Crippen LogP contribution in [-0.4, -0.2) is 32.8 Å². The SMILES string of the molecule is Cc1nc(-c2c(F)cc(Cl)cc2-c2ccc3c(c2)CC[C@@H]3NC(=O)C2(NC(=O)Oc3ccno3)CC2)no1. The van der Waals surface area contributed by atoms with Crippen LogP contribution in [0.1, 0.15) is 42.3 Å². The zero-order chi connectivity index (χ0) is 26.4. The number of hydrogen-bond donors (Lipinski definition) is 2. The number of nitrogens with one attached hydrogen (secondary N) is 2. The number of nitrogens with zero attached hydrogens (tertiary/aromatic N) is 3. The van der Waals surface area contributed by atoms with Gasteiger partial charge in [0.2, 0.25) is 17.6 Å². The highest BCUT2D eigenvalue weighted by Crippen LogP contribution is 2.41. The Bertz CT molecular complexity index is 1550. The highest BCUT2D eigenvalue weighted by molar-refractivity contribution is 6.31. The average Bonchev–Trinajstić information content (AvgIpc) is 3.20. The van der Waals surface area contributed by atoms with Gasteiger partial charge in [-0.1, -0.05) is 40.1 Å². The number of amides is 2. The molecular weight excluding hydrogens is 517 g/mol. The lowest BCUT2D eigenvalue weighted by atomic mass is 9.95. The fraction of sp³-hybridized carbons (Fsp3) is 0.269. The normalized spacial score (nSPS) is 17.1. The number of carbonyl (C=O) groups is 2. The predicted octanol–water partition coefficient (Wildman–Crippen LogP) is 4.92. The lowest BCUT2D eigenvalue weighted by Crippen LogP contribution is -2.50. The number of aryl methyl sites for hydroxylation is 2. The Morgan fingerprint density at radius 2 is 2.03 bits per heavy atom. The van der Waals surface area contributed by atoms with Gasteiger partial charge >= 0.3 is 12.0 Å². The van der Waals surface area contributed by atoms with E-state index >= 15 is 0 Å². The van der Waals surface area contributed by atoms with Crippen LogP contribution in [0.15, 0.2) is 51.6 Å². The molecule has 2 amide bonds. The maximum absolute atomic E-state index is 15.0. The van der Waals surface area contributed by atoms with Crippen molar-refractivity contribution in [2.45, 2.75) is 44.2 Å². The maximum atomic E-state index is 15.0. The summed E-state index contributed by atoms with van der Waals surface area (Å²) in [6.07, 6.45) is 2.96. The van der Waals surface area contributed by atoms with Crippen LogP contribution in [0.25, 0.3) is 22.5 Å². The minimum Gasteiger partial charge on any atom is -0.374 e. The lowest BCUT2D eigenvalue weighted by Gasteiger charge is -2.21. The third-order valence-corrected chi connectivity index (χ3v) is 6.99. The number of benzene rings is 2. The van der Waals surface area contributed by atoms with Crippen LogP contribution in [0, 0.1) is 12.7 Å². The Labute approximate surface area is 220 Å². The van der Waals surface area contributed by atoms with Gasteiger partial charge in [0.25, 0.3) is 0 Å². The van der Waals surface area contributed by atoms with E-state index in [0.717, 1.165) is 16.7 Å². The van der Waals surface area contributed by atoms with Crippen LogP contribution in [0.4, 0.5) is 9.18 Å². The van der Waals surface area contributed by atoms with Crippen molar-refractivity contribution in [3.63, 3.8) is 0 Å². The Hall–Kier alpha value is -4.25. The van der Waals surface area contributed by atoms with Crippen LogP contribution in [0.5, 0.6) is 5.95 Å². The van der Waals surface area contributed by atoms with E-state index in [-0.39, 0.29) is 34.3 Å². The molecule has 1 saturated carbocycles. The first-order valence-corrected chi connectivity index (χ1v) is 12.3. The smallest absolute Gasteiger partial charge is 0.374 e. The third kappa shape index (κ3) is 4.49. The number of rotatable bonds is 6. The summed E-state index contributed by atoms with van der Waals surface area (Å²) >= 11 is 6.19. The molecule has 2 aromatic carbocycles. The number of halogens is 2. The molecule has 0 radical (unpaired) electrons. The standard InChI is InChI=1S/C26H21ClFN5O5/c1-13-30-23(33-37-13)22-18(11-16(27)12-19(22)28)15-2-4-17-14(10-15)3-5-20(17)31-24(34)26(7-8-26)32-25(35)36-21-6-9-29-38-21/h2,4,6,9-12,20H,3,5,7-8H2,1H3,(H,31,34)(H,32,35)/t20-/m0/s1. The highest BCUT2D eigenvalue weighted by Gasteiger charge is 2.52. The molecule has 12 heteroatoms. The van der Waals surface area contributed by atoms with E-state index < -0.39 is 17.4 Å². The molecule has 0 bridgehead atoms. The molecule has 2 aromatic heterocycles. The number of hydrogen-bond acceptors (Lipinski definition) is 8. The van der Waals surface area contributed by atoms with Gasteiger partial charge in [-0.3, -0.25) is 4.79 Å². The average molecular weight is 538 g/mol. The molecule has 1 fully saturated rings. The molecular formula is C26H21ClFN5O5. The molecule has 2 aliphatic rings. The summed E-state index contributed by atoms with van der Waals surface area (Å²) in [6, 6.07) is 9.78. The molecule has 1 atom stereocenters. The quantitative estimate of drug-likeness (QED) is 0.354. The minimum atomic E-state index is -1.02. The van der Waals surface area contributed by atoms with Crippen molar-refractivity contribution in [2.24, 2.45) is 0 Å². The van der Waals surface area contributed by atoms with Crippen LogP contribution in [0.2, 0.25) is 5.02 Å². The van der Waals surface area contributed by atoms with Gasteiger partial charge in [-0.05, 0) is 60.1 Å². The summed E-state index contributed by atoms with van der Waals surface area (Å²) in [4.78, 5) is 29.5. The first-order valence-electron chi connectivity index (χ1n) is 12.0. The fourth-order valence-electron chi connectivity index (χ4n) is 4.76. The number of ether oxygens (including phenoxy) is 1. The van der Waals surface area contributed by atoms with Gasteiger partial charge in [0.15, 0.2) is 0 Å². The number of aromatic nitrogens is 3. The second kappa shape index (κ2) is 9.25. The van der Waals surface area contributed by atoms with Crippen LogP contribution in [0.3, 0.4) is 0 Å². The summed E-state index contributed by atoms with van der Waals surface area (Å²) in [5, 5.41) is 13.3. The summed E-state index contributed by atoms with van der Waals surface area (Å²) in [6.45, 7) is 1.63. The molecule has 38 heavy (non-hydrogen) atoms. The molecule has 0 spiro atoms. The molecule has 194 valence electrons. The largest absolute Gasteiger partial charge is 0.415 e. The molecule has 2 N–H and O–H groups in total. The highest BCUT2D eigenvalue weighted by atomic mass is 35.5. The van der Waals surface area contributed by atoms with E-state index in [1.165, 1.54) is 18.3 Å². The molecule has 4 aromatic rings. The summed E-state index contributed by atoms with van der Waals surface area (Å²) < 4.78 is 29.8. The second-order valence-electron chi connectivity index (χ2n) is 9.35. The number of carbonyl (C=O) groups excluding carboxylic acids is 2. The van der Waals surface area contributed by atoms with Gasteiger partial charge < -0.3 is 24.4 Å². The van der Waals surface area contributed by atoms with Crippen LogP contribution in [-0.2, 0) is 11.2 Å². The topological polar surface area (TPSA) is 132 Å². The second-order valence-corrected chi connectivity index (χ2v) is 9.79.